The molecule has 0 radical (unpaired) electrons. The van der Waals surface area contributed by atoms with Crippen LogP contribution < -0.4 is 16.6 Å². The topological polar surface area (TPSA) is 169 Å². The van der Waals surface area contributed by atoms with Gasteiger partial charge in [-0.3, -0.25) is 14.3 Å². The highest BCUT2D eigenvalue weighted by molar-refractivity contribution is 5.99. The van der Waals surface area contributed by atoms with Gasteiger partial charge in [-0.15, -0.1) is 0 Å². The molecule has 1 fully saturated rings. The Morgan fingerprint density at radius 2 is 1.72 bits per heavy atom. The molecule has 3 rings (SSSR count). The smallest absolute Gasteiger partial charge is 0.336 e. The number of nitrogens with one attached hydrogen (secondary N) is 2. The molecule has 2 aliphatic heterocycles. The van der Waals surface area contributed by atoms with Crippen LogP contribution in [0.2, 0.25) is 0 Å². The van der Waals surface area contributed by atoms with Crippen LogP contribution in [-0.4, -0.2) is 64.7 Å². The van der Waals surface area contributed by atoms with Gasteiger partial charge in [-0.1, -0.05) is 0 Å². The number of allylic oxidation sites excluding steroid dienone is 2. The first-order chi connectivity index (χ1) is 15.1. The number of ether oxygens (including phenoxy) is 3. The molecular formula is C20H25N3O9. The van der Waals surface area contributed by atoms with E-state index in [-0.39, 0.29) is 23.1 Å². The molecule has 2 aliphatic rings. The highest BCUT2D eigenvalue weighted by atomic mass is 16.5. The largest absolute Gasteiger partial charge is 0.466 e. The van der Waals surface area contributed by atoms with Crippen LogP contribution in [0.25, 0.3) is 0 Å². The summed E-state index contributed by atoms with van der Waals surface area (Å²) in [7, 11) is 2.33. The Morgan fingerprint density at radius 1 is 1.16 bits per heavy atom. The fraction of sp³-hybridized carbons (Fsp3) is 0.500. The summed E-state index contributed by atoms with van der Waals surface area (Å²) < 4.78 is 16.3. The zero-order valence-corrected chi connectivity index (χ0v) is 18.0. The normalized spacial score (nSPS) is 23.9. The van der Waals surface area contributed by atoms with Crippen molar-refractivity contribution in [3.8, 4) is 0 Å². The van der Waals surface area contributed by atoms with Gasteiger partial charge in [0.1, 0.15) is 12.3 Å². The molecule has 1 aromatic heterocycles. The number of esters is 2. The van der Waals surface area contributed by atoms with Gasteiger partial charge in [0, 0.05) is 29.6 Å². The van der Waals surface area contributed by atoms with Gasteiger partial charge in [0.25, 0.3) is 5.56 Å². The van der Waals surface area contributed by atoms with Gasteiger partial charge in [0.2, 0.25) is 0 Å². The fourth-order valence-corrected chi connectivity index (χ4v) is 4.04. The van der Waals surface area contributed by atoms with Crippen LogP contribution in [0.3, 0.4) is 0 Å². The third-order valence-electron chi connectivity index (χ3n) is 5.57. The minimum Gasteiger partial charge on any atom is -0.466 e. The number of hydrogen-bond donors (Lipinski definition) is 4. The van der Waals surface area contributed by atoms with Crippen molar-refractivity contribution in [1.29, 1.82) is 0 Å². The number of aliphatic hydroxyl groups excluding tert-OH is 2. The van der Waals surface area contributed by atoms with Crippen LogP contribution in [0, 0.1) is 0 Å². The van der Waals surface area contributed by atoms with Gasteiger partial charge in [0.05, 0.1) is 44.0 Å². The van der Waals surface area contributed by atoms with Crippen molar-refractivity contribution in [3.63, 3.8) is 0 Å². The number of aromatic amines is 1. The molecule has 0 saturated carbocycles. The Kier molecular flexibility index (Phi) is 6.67. The molecule has 0 bridgehead atoms. The minimum atomic E-state index is -1.20. The molecule has 12 heteroatoms. The van der Waals surface area contributed by atoms with Gasteiger partial charge in [-0.2, -0.15) is 0 Å². The summed E-state index contributed by atoms with van der Waals surface area (Å²) in [5.74, 6) is -2.76. The average Bonchev–Trinajstić information content (AvgIpc) is 3.12. The Hall–Kier alpha value is -3.22. The fourth-order valence-electron chi connectivity index (χ4n) is 4.04. The second-order valence-electron chi connectivity index (χ2n) is 7.48. The van der Waals surface area contributed by atoms with Crippen molar-refractivity contribution >= 4 is 11.9 Å². The average molecular weight is 451 g/mol. The van der Waals surface area contributed by atoms with Crippen LogP contribution in [0.1, 0.15) is 38.0 Å². The quantitative estimate of drug-likeness (QED) is 0.397. The third-order valence-corrected chi connectivity index (χ3v) is 5.57. The summed E-state index contributed by atoms with van der Waals surface area (Å²) in [5.41, 5.74) is -1.03. The number of carbonyl (C=O) groups excluding carboxylic acids is 2. The number of rotatable bonds is 5. The molecule has 32 heavy (non-hydrogen) atoms. The molecule has 0 unspecified atom stereocenters. The lowest BCUT2D eigenvalue weighted by atomic mass is 9.81. The molecule has 0 spiro atoms. The Morgan fingerprint density at radius 3 is 2.19 bits per heavy atom. The van der Waals surface area contributed by atoms with E-state index in [0.717, 1.165) is 18.8 Å². The maximum Gasteiger partial charge on any atom is 0.336 e. The maximum absolute atomic E-state index is 12.8. The second-order valence-corrected chi connectivity index (χ2v) is 7.48. The van der Waals surface area contributed by atoms with E-state index in [1.807, 2.05) is 0 Å². The summed E-state index contributed by atoms with van der Waals surface area (Å²) in [6.45, 7) is 2.71. The van der Waals surface area contributed by atoms with Crippen molar-refractivity contribution in [1.82, 2.24) is 14.9 Å². The first-order valence-corrected chi connectivity index (χ1v) is 9.79. The number of methoxy groups -OCH3 is 2. The van der Waals surface area contributed by atoms with Crippen molar-refractivity contribution in [2.24, 2.45) is 0 Å². The van der Waals surface area contributed by atoms with Crippen LogP contribution >= 0.6 is 0 Å². The van der Waals surface area contributed by atoms with Crippen LogP contribution in [0.4, 0.5) is 0 Å². The molecule has 3 atom stereocenters. The number of aromatic nitrogens is 2. The van der Waals surface area contributed by atoms with E-state index in [2.05, 4.69) is 10.3 Å². The number of aliphatic hydroxyl groups is 2. The molecule has 3 heterocycles. The molecule has 0 aromatic carbocycles. The van der Waals surface area contributed by atoms with Gasteiger partial charge >= 0.3 is 17.6 Å². The maximum atomic E-state index is 12.8. The highest BCUT2D eigenvalue weighted by Crippen LogP contribution is 2.38. The third kappa shape index (κ3) is 3.99. The van der Waals surface area contributed by atoms with E-state index < -0.39 is 54.1 Å². The monoisotopic (exact) mass is 451 g/mol. The molecule has 1 aromatic rings. The minimum absolute atomic E-state index is 0.00481. The van der Waals surface area contributed by atoms with E-state index in [0.29, 0.717) is 11.4 Å². The summed E-state index contributed by atoms with van der Waals surface area (Å²) in [4.78, 5) is 52.7. The SMILES string of the molecule is COC(=O)C1=C(C)NC(C)=C(C(=O)OC)C1c1cn([C@H]2C[C@H](O)[C@@H](CO)O2)c(=O)[nH]c1=O. The van der Waals surface area contributed by atoms with Gasteiger partial charge < -0.3 is 29.7 Å². The molecule has 1 saturated heterocycles. The van der Waals surface area contributed by atoms with Crippen molar-refractivity contribution in [3.05, 3.63) is 55.1 Å². The number of nitrogens with zero attached hydrogens (tertiary/aromatic N) is 1. The molecule has 4 N–H and O–H groups in total. The van der Waals surface area contributed by atoms with E-state index in [1.54, 1.807) is 13.8 Å². The van der Waals surface area contributed by atoms with Crippen molar-refractivity contribution in [2.75, 3.05) is 20.8 Å². The molecule has 174 valence electrons. The first kappa shape index (κ1) is 23.4. The number of hydrogen-bond acceptors (Lipinski definition) is 10. The first-order valence-electron chi connectivity index (χ1n) is 9.79. The van der Waals surface area contributed by atoms with E-state index in [9.17, 15) is 29.4 Å². The number of carbonyl (C=O) groups is 2. The predicted molar refractivity (Wildman–Crippen MR) is 108 cm³/mol. The van der Waals surface area contributed by atoms with Crippen LogP contribution in [0.15, 0.2) is 38.3 Å². The molecular weight excluding hydrogens is 426 g/mol. The lowest BCUT2D eigenvalue weighted by molar-refractivity contribution is -0.137. The highest BCUT2D eigenvalue weighted by Gasteiger charge is 2.40. The lowest BCUT2D eigenvalue weighted by Crippen LogP contribution is -2.39. The van der Waals surface area contributed by atoms with E-state index in [4.69, 9.17) is 14.2 Å². The van der Waals surface area contributed by atoms with E-state index in [1.165, 1.54) is 6.20 Å². The van der Waals surface area contributed by atoms with Gasteiger partial charge in [-0.05, 0) is 13.8 Å². The van der Waals surface area contributed by atoms with Gasteiger partial charge in [-0.25, -0.2) is 14.4 Å². The summed E-state index contributed by atoms with van der Waals surface area (Å²) >= 11 is 0. The summed E-state index contributed by atoms with van der Waals surface area (Å²) in [5, 5.41) is 22.3. The molecule has 12 nitrogen and oxygen atoms in total. The second kappa shape index (κ2) is 9.10. The van der Waals surface area contributed by atoms with E-state index >= 15 is 0 Å². The zero-order valence-electron chi connectivity index (χ0n) is 18.0. The van der Waals surface area contributed by atoms with Crippen molar-refractivity contribution in [2.45, 2.75) is 44.6 Å². The zero-order chi connectivity index (χ0) is 23.7. The lowest BCUT2D eigenvalue weighted by Gasteiger charge is -2.29. The van der Waals surface area contributed by atoms with Gasteiger partial charge in [0.15, 0.2) is 0 Å². The Labute approximate surface area is 182 Å². The Bertz CT molecular complexity index is 1080. The van der Waals surface area contributed by atoms with Crippen LogP contribution in [-0.2, 0) is 23.8 Å². The Balaban J connectivity index is 2.23. The van der Waals surface area contributed by atoms with Crippen molar-refractivity contribution < 1.29 is 34.0 Å². The number of H-pyrrole nitrogens is 1. The number of dihydropyridines is 1. The predicted octanol–water partition coefficient (Wildman–Crippen LogP) is -1.24. The summed E-state index contributed by atoms with van der Waals surface area (Å²) in [6.07, 6.45) is -1.74. The van der Waals surface area contributed by atoms with Crippen LogP contribution in [0.5, 0.6) is 0 Å². The molecule has 0 aliphatic carbocycles. The summed E-state index contributed by atoms with van der Waals surface area (Å²) in [6, 6.07) is 0. The molecule has 0 amide bonds. The standard InChI is InChI=1S/C20H25N3O9/c1-8-14(18(27)30-3)16(15(9(2)21-8)19(28)31-4)10-6-23(20(29)22-17(10)26)13-5-11(25)12(7-24)32-13/h6,11-13,16,21,24-25H,5,7H2,1-4H3,(H,22,26,29)/t11-,12+,13+/m0/s1.